The van der Waals surface area contributed by atoms with E-state index in [1.807, 2.05) is 13.0 Å². The van der Waals surface area contributed by atoms with E-state index in [0.717, 1.165) is 24.0 Å². The van der Waals surface area contributed by atoms with Crippen molar-refractivity contribution in [2.24, 2.45) is 0 Å². The summed E-state index contributed by atoms with van der Waals surface area (Å²) >= 11 is 0. The molecule has 0 saturated heterocycles. The van der Waals surface area contributed by atoms with Crippen molar-refractivity contribution in [1.82, 2.24) is 4.72 Å². The van der Waals surface area contributed by atoms with Gasteiger partial charge >= 0.3 is 0 Å². The number of carbonyl (C=O) groups is 1. The molecule has 2 aliphatic rings. The zero-order valence-corrected chi connectivity index (χ0v) is 12.4. The van der Waals surface area contributed by atoms with E-state index in [4.69, 9.17) is 0 Å². The van der Waals surface area contributed by atoms with Crippen LogP contribution in [0.3, 0.4) is 0 Å². The number of fused-ring (bicyclic) bond motifs is 1. The lowest BCUT2D eigenvalue weighted by Crippen LogP contribution is -2.34. The van der Waals surface area contributed by atoms with Crippen LogP contribution in [-0.4, -0.2) is 19.7 Å². The van der Waals surface area contributed by atoms with Gasteiger partial charge in [-0.15, -0.1) is 0 Å². The summed E-state index contributed by atoms with van der Waals surface area (Å²) in [7, 11) is -3.47. The van der Waals surface area contributed by atoms with Gasteiger partial charge in [-0.25, -0.2) is 13.1 Å². The number of sulfonamides is 1. The minimum absolute atomic E-state index is 0.0166. The monoisotopic (exact) mass is 291 g/mol. The molecule has 1 aromatic rings. The van der Waals surface area contributed by atoms with Gasteiger partial charge in [0.1, 0.15) is 0 Å². The first kappa shape index (κ1) is 13.5. The van der Waals surface area contributed by atoms with E-state index in [9.17, 15) is 13.2 Å². The summed E-state index contributed by atoms with van der Waals surface area (Å²) in [5, 5.41) is 0. The van der Waals surface area contributed by atoms with Gasteiger partial charge in [-0.2, -0.15) is 0 Å². The molecular weight excluding hydrogens is 274 g/mol. The molecule has 0 spiro atoms. The maximum Gasteiger partial charge on any atom is 0.241 e. The number of rotatable bonds is 4. The van der Waals surface area contributed by atoms with Crippen LogP contribution in [-0.2, 0) is 21.2 Å². The summed E-state index contributed by atoms with van der Waals surface area (Å²) < 4.78 is 27.4. The number of benzene rings is 1. The third-order valence-corrected chi connectivity index (χ3v) is 5.60. The maximum absolute atomic E-state index is 12.3. The average molecular weight is 291 g/mol. The first-order chi connectivity index (χ1) is 9.31. The van der Waals surface area contributed by atoms with E-state index in [1.54, 1.807) is 18.2 Å². The topological polar surface area (TPSA) is 63.2 Å². The third-order valence-electron chi connectivity index (χ3n) is 3.96. The molecule has 1 saturated carbocycles. The lowest BCUT2D eigenvalue weighted by Gasteiger charge is -2.13. The molecule has 0 unspecified atom stereocenters. The molecule has 1 fully saturated rings. The van der Waals surface area contributed by atoms with Crippen molar-refractivity contribution in [2.45, 2.75) is 43.5 Å². The van der Waals surface area contributed by atoms with Gasteiger partial charge in [0.25, 0.3) is 0 Å². The molecule has 3 rings (SSSR count). The molecule has 20 heavy (non-hydrogen) atoms. The summed E-state index contributed by atoms with van der Waals surface area (Å²) in [6.07, 6.45) is 4.24. The van der Waals surface area contributed by atoms with Crippen LogP contribution in [0.2, 0.25) is 0 Å². The summed E-state index contributed by atoms with van der Waals surface area (Å²) in [5.74, 6) is 0.0166. The first-order valence-corrected chi connectivity index (χ1v) is 8.17. The Bertz CT molecular complexity index is 727. The van der Waals surface area contributed by atoms with Crippen molar-refractivity contribution in [3.05, 3.63) is 35.4 Å². The van der Waals surface area contributed by atoms with Crippen molar-refractivity contribution in [1.29, 1.82) is 0 Å². The number of allylic oxidation sites excluding steroid dienone is 2. The highest BCUT2D eigenvalue weighted by molar-refractivity contribution is 7.89. The van der Waals surface area contributed by atoms with Crippen LogP contribution in [0.15, 0.2) is 29.2 Å². The molecule has 1 aromatic carbocycles. The van der Waals surface area contributed by atoms with Gasteiger partial charge in [-0.3, -0.25) is 4.79 Å². The Kier molecular flexibility index (Phi) is 2.88. The maximum atomic E-state index is 12.3. The Morgan fingerprint density at radius 2 is 2.00 bits per heavy atom. The van der Waals surface area contributed by atoms with Crippen molar-refractivity contribution >= 4 is 21.4 Å². The number of hydrogen-bond donors (Lipinski definition) is 1. The minimum Gasteiger partial charge on any atom is -0.295 e. The van der Waals surface area contributed by atoms with Crippen LogP contribution in [0.1, 0.15) is 37.8 Å². The SMILES string of the molecule is CC(=O)C1=CCc2cc(S(=O)(=O)NC3(C)CC3)ccc21. The predicted octanol–water partition coefficient (Wildman–Crippen LogP) is 2.05. The second-order valence-electron chi connectivity index (χ2n) is 5.86. The highest BCUT2D eigenvalue weighted by Crippen LogP contribution is 2.36. The second kappa shape index (κ2) is 4.27. The number of ketones is 1. The predicted molar refractivity (Wildman–Crippen MR) is 76.8 cm³/mol. The summed E-state index contributed by atoms with van der Waals surface area (Å²) in [5.41, 5.74) is 2.17. The molecular formula is C15H17NO3S. The normalized spacial score (nSPS) is 19.4. The molecule has 2 aliphatic carbocycles. The van der Waals surface area contributed by atoms with Crippen LogP contribution in [0, 0.1) is 0 Å². The van der Waals surface area contributed by atoms with Crippen molar-refractivity contribution < 1.29 is 13.2 Å². The lowest BCUT2D eigenvalue weighted by molar-refractivity contribution is -0.111. The molecule has 0 aromatic heterocycles. The molecule has 1 N–H and O–H groups in total. The number of hydrogen-bond acceptors (Lipinski definition) is 3. The van der Waals surface area contributed by atoms with Crippen LogP contribution in [0.25, 0.3) is 5.57 Å². The number of nitrogens with one attached hydrogen (secondary N) is 1. The molecule has 4 nitrogen and oxygen atoms in total. The fourth-order valence-electron chi connectivity index (χ4n) is 2.50. The van der Waals surface area contributed by atoms with Crippen LogP contribution in [0.5, 0.6) is 0 Å². The van der Waals surface area contributed by atoms with Gasteiger partial charge in [0, 0.05) is 11.1 Å². The summed E-state index contributed by atoms with van der Waals surface area (Å²) in [6, 6.07) is 4.99. The highest BCUT2D eigenvalue weighted by atomic mass is 32.2. The molecule has 0 aliphatic heterocycles. The van der Waals surface area contributed by atoms with E-state index in [2.05, 4.69) is 4.72 Å². The van der Waals surface area contributed by atoms with Crippen LogP contribution >= 0.6 is 0 Å². The Hall–Kier alpha value is -1.46. The largest absolute Gasteiger partial charge is 0.295 e. The number of carbonyl (C=O) groups excluding carboxylic acids is 1. The van der Waals surface area contributed by atoms with E-state index in [1.165, 1.54) is 6.92 Å². The molecule has 0 heterocycles. The average Bonchev–Trinajstić information content (AvgIpc) is 2.91. The Balaban J connectivity index is 1.93. The number of Topliss-reactive ketones (excluding diaryl/α,β-unsaturated/α-hetero) is 1. The molecule has 0 radical (unpaired) electrons. The van der Waals surface area contributed by atoms with E-state index in [0.29, 0.717) is 12.0 Å². The Labute approximate surface area is 118 Å². The van der Waals surface area contributed by atoms with Gasteiger partial charge < -0.3 is 0 Å². The van der Waals surface area contributed by atoms with Gasteiger partial charge in [0.15, 0.2) is 5.78 Å². The van der Waals surface area contributed by atoms with Crippen LogP contribution < -0.4 is 4.72 Å². The van der Waals surface area contributed by atoms with E-state index < -0.39 is 10.0 Å². The second-order valence-corrected chi connectivity index (χ2v) is 7.55. The Morgan fingerprint density at radius 3 is 2.60 bits per heavy atom. The van der Waals surface area contributed by atoms with Gasteiger partial charge in [-0.05, 0) is 56.4 Å². The molecule has 0 amide bonds. The van der Waals surface area contributed by atoms with Gasteiger partial charge in [0.2, 0.25) is 10.0 Å². The van der Waals surface area contributed by atoms with E-state index in [-0.39, 0.29) is 16.2 Å². The van der Waals surface area contributed by atoms with Gasteiger partial charge in [0.05, 0.1) is 4.90 Å². The van der Waals surface area contributed by atoms with Crippen molar-refractivity contribution in [3.8, 4) is 0 Å². The van der Waals surface area contributed by atoms with Gasteiger partial charge in [-0.1, -0.05) is 12.1 Å². The standard InChI is InChI=1S/C15H17NO3S/c1-10(17)13-5-3-11-9-12(4-6-14(11)13)20(18,19)16-15(2)7-8-15/h4-6,9,16H,3,7-8H2,1-2H3. The van der Waals surface area contributed by atoms with Crippen molar-refractivity contribution in [3.63, 3.8) is 0 Å². The molecule has 106 valence electrons. The Morgan fingerprint density at radius 1 is 1.30 bits per heavy atom. The fourth-order valence-corrected chi connectivity index (χ4v) is 4.01. The highest BCUT2D eigenvalue weighted by Gasteiger charge is 2.41. The van der Waals surface area contributed by atoms with Crippen molar-refractivity contribution in [2.75, 3.05) is 0 Å². The zero-order chi connectivity index (χ0) is 14.5. The van der Waals surface area contributed by atoms with E-state index >= 15 is 0 Å². The first-order valence-electron chi connectivity index (χ1n) is 6.69. The molecule has 5 heteroatoms. The van der Waals surface area contributed by atoms with Crippen LogP contribution in [0.4, 0.5) is 0 Å². The quantitative estimate of drug-likeness (QED) is 0.923. The lowest BCUT2D eigenvalue weighted by atomic mass is 10.0. The minimum atomic E-state index is -3.47. The smallest absolute Gasteiger partial charge is 0.241 e. The summed E-state index contributed by atoms with van der Waals surface area (Å²) in [4.78, 5) is 11.8. The fraction of sp³-hybridized carbons (Fsp3) is 0.400. The summed E-state index contributed by atoms with van der Waals surface area (Å²) in [6.45, 7) is 3.44. The molecule has 0 bridgehead atoms. The zero-order valence-electron chi connectivity index (χ0n) is 11.6. The third kappa shape index (κ3) is 2.31. The molecule has 0 atom stereocenters.